The Morgan fingerprint density at radius 2 is 1.19 bits per heavy atom. The molecule has 16 heavy (non-hydrogen) atoms. The highest BCUT2D eigenvalue weighted by Crippen LogP contribution is 2.00. The van der Waals surface area contributed by atoms with Gasteiger partial charge in [0, 0.05) is 0 Å². The number of unbranched alkanes of at least 4 members (excludes halogenated alkanes) is 3. The second kappa shape index (κ2) is 14.2. The molecule has 0 N–H and O–H groups in total. The van der Waals surface area contributed by atoms with E-state index in [4.69, 9.17) is 0 Å². The van der Waals surface area contributed by atoms with Crippen molar-refractivity contribution in [3.05, 3.63) is 35.4 Å². The van der Waals surface area contributed by atoms with Crippen molar-refractivity contribution in [2.24, 2.45) is 0 Å². The molecule has 0 fully saturated rings. The Bertz CT molecular complexity index is 204. The number of hydrogen-bond donors (Lipinski definition) is 0. The van der Waals surface area contributed by atoms with Crippen molar-refractivity contribution in [3.8, 4) is 0 Å². The molecule has 0 radical (unpaired) electrons. The van der Waals surface area contributed by atoms with Crippen LogP contribution in [0.15, 0.2) is 24.3 Å². The van der Waals surface area contributed by atoms with Gasteiger partial charge in [0.15, 0.2) is 0 Å². The normalized spacial score (nSPS) is 8.38. The lowest BCUT2D eigenvalue weighted by Gasteiger charge is -1.90. The van der Waals surface area contributed by atoms with Crippen LogP contribution < -0.4 is 0 Å². The van der Waals surface area contributed by atoms with Crippen LogP contribution in [0.2, 0.25) is 0 Å². The van der Waals surface area contributed by atoms with Crippen LogP contribution in [0, 0.1) is 13.8 Å². The SMILES string of the molecule is CC.CCCCCC.Cc1cccc(C)c1. The van der Waals surface area contributed by atoms with Crippen molar-refractivity contribution in [1.82, 2.24) is 0 Å². The molecular formula is C16H30. The molecule has 0 unspecified atom stereocenters. The largest absolute Gasteiger partial charge is 0.0683 e. The predicted molar refractivity (Wildman–Crippen MR) is 77.1 cm³/mol. The average Bonchev–Trinajstić information content (AvgIpc) is 2.29. The fourth-order valence-electron chi connectivity index (χ4n) is 1.31. The van der Waals surface area contributed by atoms with E-state index in [0.29, 0.717) is 0 Å². The first-order valence-electron chi connectivity index (χ1n) is 6.74. The van der Waals surface area contributed by atoms with Gasteiger partial charge in [0.1, 0.15) is 0 Å². The summed E-state index contributed by atoms with van der Waals surface area (Å²) in [6.45, 7) is 12.7. The third-order valence-electron chi connectivity index (χ3n) is 2.13. The average molecular weight is 222 g/mol. The van der Waals surface area contributed by atoms with Gasteiger partial charge in [-0.3, -0.25) is 0 Å². The first-order valence-corrected chi connectivity index (χ1v) is 6.74. The van der Waals surface area contributed by atoms with Crippen LogP contribution in [0.5, 0.6) is 0 Å². The number of rotatable bonds is 3. The van der Waals surface area contributed by atoms with E-state index in [1.807, 2.05) is 13.8 Å². The van der Waals surface area contributed by atoms with E-state index < -0.39 is 0 Å². The second-order valence-corrected chi connectivity index (χ2v) is 3.87. The molecule has 0 aliphatic rings. The van der Waals surface area contributed by atoms with E-state index >= 15 is 0 Å². The van der Waals surface area contributed by atoms with Crippen LogP contribution in [0.1, 0.15) is 64.5 Å². The van der Waals surface area contributed by atoms with Gasteiger partial charge in [0.05, 0.1) is 0 Å². The molecule has 0 heterocycles. The lowest BCUT2D eigenvalue weighted by molar-refractivity contribution is 0.702. The summed E-state index contributed by atoms with van der Waals surface area (Å²) in [5.41, 5.74) is 2.68. The molecule has 0 nitrogen and oxygen atoms in total. The van der Waals surface area contributed by atoms with Crippen molar-refractivity contribution < 1.29 is 0 Å². The minimum Gasteiger partial charge on any atom is -0.0683 e. The van der Waals surface area contributed by atoms with Gasteiger partial charge in [-0.25, -0.2) is 0 Å². The van der Waals surface area contributed by atoms with E-state index in [1.165, 1.54) is 36.8 Å². The van der Waals surface area contributed by atoms with Gasteiger partial charge in [0.2, 0.25) is 0 Å². The van der Waals surface area contributed by atoms with Gasteiger partial charge < -0.3 is 0 Å². The highest BCUT2D eigenvalue weighted by atomic mass is 13.9. The molecule has 0 aliphatic carbocycles. The zero-order valence-electron chi connectivity index (χ0n) is 12.1. The summed E-state index contributed by atoms with van der Waals surface area (Å²) >= 11 is 0. The third-order valence-corrected chi connectivity index (χ3v) is 2.13. The third kappa shape index (κ3) is 13.2. The lowest BCUT2D eigenvalue weighted by atomic mass is 10.2. The van der Waals surface area contributed by atoms with E-state index in [9.17, 15) is 0 Å². The van der Waals surface area contributed by atoms with Crippen molar-refractivity contribution in [1.29, 1.82) is 0 Å². The molecule has 0 aromatic heterocycles. The zero-order valence-corrected chi connectivity index (χ0v) is 12.1. The Morgan fingerprint density at radius 3 is 1.38 bits per heavy atom. The standard InChI is InChI=1S/C8H10.C6H14.C2H6/c1-7-4-3-5-8(2)6-7;1-3-5-6-4-2;1-2/h3-6H,1-2H3;3-6H2,1-2H3;1-2H3. The minimum absolute atomic E-state index is 1.34. The van der Waals surface area contributed by atoms with Crippen molar-refractivity contribution >= 4 is 0 Å². The molecule has 0 aliphatic heterocycles. The number of aryl methyl sites for hydroxylation is 2. The Labute approximate surface area is 103 Å². The molecule has 1 aromatic carbocycles. The van der Waals surface area contributed by atoms with Gasteiger partial charge in [-0.2, -0.15) is 0 Å². The molecule has 0 heteroatoms. The van der Waals surface area contributed by atoms with Gasteiger partial charge in [0.25, 0.3) is 0 Å². The van der Waals surface area contributed by atoms with E-state index in [1.54, 1.807) is 0 Å². The monoisotopic (exact) mass is 222 g/mol. The summed E-state index contributed by atoms with van der Waals surface area (Å²) in [5, 5.41) is 0. The van der Waals surface area contributed by atoms with E-state index in [2.05, 4.69) is 52.0 Å². The summed E-state index contributed by atoms with van der Waals surface area (Å²) < 4.78 is 0. The van der Waals surface area contributed by atoms with Crippen molar-refractivity contribution in [3.63, 3.8) is 0 Å². The minimum atomic E-state index is 1.34. The molecule has 1 rings (SSSR count). The fourth-order valence-corrected chi connectivity index (χ4v) is 1.31. The van der Waals surface area contributed by atoms with Crippen molar-refractivity contribution in [2.45, 2.75) is 67.2 Å². The zero-order chi connectivity index (χ0) is 12.8. The molecule has 0 saturated heterocycles. The van der Waals surface area contributed by atoms with Crippen LogP contribution in [-0.4, -0.2) is 0 Å². The molecule has 0 atom stereocenters. The van der Waals surface area contributed by atoms with Gasteiger partial charge in [-0.1, -0.05) is 88.8 Å². The Morgan fingerprint density at radius 1 is 0.812 bits per heavy atom. The Balaban J connectivity index is 0. The van der Waals surface area contributed by atoms with E-state index in [-0.39, 0.29) is 0 Å². The maximum atomic E-state index is 2.23. The Kier molecular flexibility index (Phi) is 15.7. The van der Waals surface area contributed by atoms with Crippen LogP contribution in [0.25, 0.3) is 0 Å². The number of hydrogen-bond acceptors (Lipinski definition) is 0. The van der Waals surface area contributed by atoms with Gasteiger partial charge in [-0.05, 0) is 13.8 Å². The predicted octanol–water partition coefficient (Wildman–Crippen LogP) is 5.92. The Hall–Kier alpha value is -0.780. The highest BCUT2D eigenvalue weighted by Gasteiger charge is 1.80. The molecule has 0 spiro atoms. The molecular weight excluding hydrogens is 192 g/mol. The van der Waals surface area contributed by atoms with Crippen LogP contribution in [0.3, 0.4) is 0 Å². The molecule has 0 saturated carbocycles. The summed E-state index contributed by atoms with van der Waals surface area (Å²) in [7, 11) is 0. The van der Waals surface area contributed by atoms with Gasteiger partial charge >= 0.3 is 0 Å². The molecule has 0 bridgehead atoms. The van der Waals surface area contributed by atoms with Gasteiger partial charge in [-0.15, -0.1) is 0 Å². The lowest BCUT2D eigenvalue weighted by Crippen LogP contribution is -1.71. The number of benzene rings is 1. The maximum absolute atomic E-state index is 2.23. The summed E-state index contributed by atoms with van der Waals surface area (Å²) in [5.74, 6) is 0. The van der Waals surface area contributed by atoms with Crippen LogP contribution in [0.4, 0.5) is 0 Å². The van der Waals surface area contributed by atoms with Crippen LogP contribution >= 0.6 is 0 Å². The summed E-state index contributed by atoms with van der Waals surface area (Å²) in [6.07, 6.45) is 5.54. The first-order chi connectivity index (χ1) is 7.70. The summed E-state index contributed by atoms with van der Waals surface area (Å²) in [6, 6.07) is 8.45. The second-order valence-electron chi connectivity index (χ2n) is 3.87. The fraction of sp³-hybridized carbons (Fsp3) is 0.625. The quantitative estimate of drug-likeness (QED) is 0.557. The van der Waals surface area contributed by atoms with Crippen LogP contribution in [-0.2, 0) is 0 Å². The molecule has 1 aromatic rings. The smallest absolute Gasteiger partial charge is 0.0398 e. The van der Waals surface area contributed by atoms with E-state index in [0.717, 1.165) is 0 Å². The summed E-state index contributed by atoms with van der Waals surface area (Å²) in [4.78, 5) is 0. The first kappa shape index (κ1) is 17.6. The topological polar surface area (TPSA) is 0 Å². The molecule has 94 valence electrons. The van der Waals surface area contributed by atoms with Crippen molar-refractivity contribution in [2.75, 3.05) is 0 Å². The molecule has 0 amide bonds. The highest BCUT2D eigenvalue weighted by molar-refractivity contribution is 5.20. The maximum Gasteiger partial charge on any atom is -0.0398 e.